The Hall–Kier alpha value is -2.68. The van der Waals surface area contributed by atoms with E-state index in [9.17, 15) is 4.79 Å². The van der Waals surface area contributed by atoms with Gasteiger partial charge in [0.15, 0.2) is 0 Å². The molecule has 0 aliphatic rings. The first-order chi connectivity index (χ1) is 9.81. The molecule has 100 valence electrons. The first-order valence-corrected chi connectivity index (χ1v) is 6.34. The number of aromatic nitrogens is 1. The van der Waals surface area contributed by atoms with Gasteiger partial charge in [0.25, 0.3) is 0 Å². The van der Waals surface area contributed by atoms with Crippen molar-refractivity contribution in [1.29, 1.82) is 0 Å². The molecule has 1 aromatic carbocycles. The van der Waals surface area contributed by atoms with Gasteiger partial charge in [0.1, 0.15) is 6.29 Å². The van der Waals surface area contributed by atoms with E-state index in [4.69, 9.17) is 0 Å². The van der Waals surface area contributed by atoms with E-state index in [1.807, 2.05) is 66.7 Å². The van der Waals surface area contributed by atoms with Crippen LogP contribution >= 0.6 is 0 Å². The molecule has 3 heteroatoms. The van der Waals surface area contributed by atoms with Crippen molar-refractivity contribution in [3.05, 3.63) is 78.8 Å². The molecule has 0 N–H and O–H groups in total. The fraction of sp³-hybridized carbons (Fsp3) is 0.0588. The van der Waals surface area contributed by atoms with E-state index < -0.39 is 0 Å². The van der Waals surface area contributed by atoms with Gasteiger partial charge in [-0.1, -0.05) is 24.3 Å². The monoisotopic (exact) mass is 264 g/mol. The average molecular weight is 264 g/mol. The van der Waals surface area contributed by atoms with Crippen LogP contribution in [0.15, 0.2) is 73.1 Å². The third kappa shape index (κ3) is 3.65. The molecule has 0 fully saturated rings. The number of aldehydes is 1. The first kappa shape index (κ1) is 13.7. The fourth-order valence-electron chi connectivity index (χ4n) is 1.82. The quantitative estimate of drug-likeness (QED) is 0.472. The van der Waals surface area contributed by atoms with Gasteiger partial charge in [-0.25, -0.2) is 0 Å². The number of rotatable bonds is 5. The zero-order valence-corrected chi connectivity index (χ0v) is 11.3. The van der Waals surface area contributed by atoms with Gasteiger partial charge in [0.2, 0.25) is 0 Å². The topological polar surface area (TPSA) is 33.2 Å². The number of pyridine rings is 1. The molecule has 0 atom stereocenters. The lowest BCUT2D eigenvalue weighted by atomic mass is 10.1. The second kappa shape index (κ2) is 7.04. The maximum Gasteiger partial charge on any atom is 0.142 e. The molecule has 0 bridgehead atoms. The summed E-state index contributed by atoms with van der Waals surface area (Å²) in [5.74, 6) is 0. The minimum atomic E-state index is 0.763. The molecule has 0 aliphatic carbocycles. The predicted molar refractivity (Wildman–Crippen MR) is 82.3 cm³/mol. The minimum Gasteiger partial charge on any atom is -0.350 e. The van der Waals surface area contributed by atoms with Crippen LogP contribution in [0.1, 0.15) is 5.69 Å². The normalized spacial score (nSPS) is 11.6. The van der Waals surface area contributed by atoms with Crippen molar-refractivity contribution in [2.45, 2.75) is 0 Å². The molecule has 0 saturated carbocycles. The van der Waals surface area contributed by atoms with Gasteiger partial charge >= 0.3 is 0 Å². The molecule has 0 unspecified atom stereocenters. The van der Waals surface area contributed by atoms with Crippen LogP contribution in [0.25, 0.3) is 5.57 Å². The van der Waals surface area contributed by atoms with E-state index >= 15 is 0 Å². The van der Waals surface area contributed by atoms with E-state index in [1.165, 1.54) is 6.08 Å². The smallest absolute Gasteiger partial charge is 0.142 e. The van der Waals surface area contributed by atoms with Gasteiger partial charge in [-0.15, -0.1) is 0 Å². The Morgan fingerprint density at radius 3 is 2.50 bits per heavy atom. The van der Waals surface area contributed by atoms with Gasteiger partial charge in [-0.05, 0) is 36.4 Å². The lowest BCUT2D eigenvalue weighted by Crippen LogP contribution is -2.08. The van der Waals surface area contributed by atoms with Crippen LogP contribution in [0.5, 0.6) is 0 Å². The number of para-hydroxylation sites is 1. The van der Waals surface area contributed by atoms with Gasteiger partial charge in [-0.2, -0.15) is 0 Å². The van der Waals surface area contributed by atoms with E-state index in [0.29, 0.717) is 0 Å². The van der Waals surface area contributed by atoms with Crippen LogP contribution in [0.2, 0.25) is 0 Å². The standard InChI is InChI=1S/C17H16N2O/c1-19(16-9-3-2-4-10-16)14-15(8-7-13-20)17-11-5-6-12-18-17/h2-14H,1H3/b8-7-,15-14+. The fourth-order valence-corrected chi connectivity index (χ4v) is 1.82. The van der Waals surface area contributed by atoms with Crippen molar-refractivity contribution in [3.8, 4) is 0 Å². The Bertz CT molecular complexity index is 603. The molecule has 2 rings (SSSR count). The predicted octanol–water partition coefficient (Wildman–Crippen LogP) is 3.31. The Balaban J connectivity index is 2.34. The summed E-state index contributed by atoms with van der Waals surface area (Å²) in [4.78, 5) is 16.9. The number of allylic oxidation sites excluding steroid dienone is 3. The lowest BCUT2D eigenvalue weighted by molar-refractivity contribution is -0.104. The number of benzene rings is 1. The number of anilines is 1. The maximum atomic E-state index is 10.5. The summed E-state index contributed by atoms with van der Waals surface area (Å²) < 4.78 is 0. The van der Waals surface area contributed by atoms with Crippen molar-refractivity contribution in [1.82, 2.24) is 4.98 Å². The number of carbonyl (C=O) groups excluding carboxylic acids is 1. The van der Waals surface area contributed by atoms with Crippen LogP contribution in [-0.2, 0) is 4.79 Å². The number of carbonyl (C=O) groups is 1. The highest BCUT2D eigenvalue weighted by atomic mass is 16.1. The van der Waals surface area contributed by atoms with Gasteiger partial charge in [0.05, 0.1) is 5.69 Å². The molecule has 1 aromatic heterocycles. The summed E-state index contributed by atoms with van der Waals surface area (Å²) in [5, 5.41) is 0. The van der Waals surface area contributed by atoms with E-state index in [0.717, 1.165) is 23.2 Å². The zero-order chi connectivity index (χ0) is 14.2. The average Bonchev–Trinajstić information content (AvgIpc) is 2.53. The van der Waals surface area contributed by atoms with Gasteiger partial charge in [0, 0.05) is 30.7 Å². The lowest BCUT2D eigenvalue weighted by Gasteiger charge is -2.15. The Morgan fingerprint density at radius 2 is 1.85 bits per heavy atom. The number of nitrogens with zero attached hydrogens (tertiary/aromatic N) is 2. The molecule has 0 amide bonds. The minimum absolute atomic E-state index is 0.763. The van der Waals surface area contributed by atoms with Crippen molar-refractivity contribution in [2.75, 3.05) is 11.9 Å². The first-order valence-electron chi connectivity index (χ1n) is 6.34. The second-order valence-corrected chi connectivity index (χ2v) is 4.24. The largest absolute Gasteiger partial charge is 0.350 e. The van der Waals surface area contributed by atoms with Crippen LogP contribution in [0.4, 0.5) is 5.69 Å². The van der Waals surface area contributed by atoms with E-state index in [1.54, 1.807) is 12.3 Å². The third-order valence-electron chi connectivity index (χ3n) is 2.81. The van der Waals surface area contributed by atoms with Crippen molar-refractivity contribution in [2.24, 2.45) is 0 Å². The Morgan fingerprint density at radius 1 is 1.10 bits per heavy atom. The zero-order valence-electron chi connectivity index (χ0n) is 11.3. The summed E-state index contributed by atoms with van der Waals surface area (Å²) in [6.45, 7) is 0. The molecule has 0 aliphatic heterocycles. The van der Waals surface area contributed by atoms with Crippen LogP contribution in [0.3, 0.4) is 0 Å². The molecular formula is C17H16N2O. The van der Waals surface area contributed by atoms with Crippen molar-refractivity contribution in [3.63, 3.8) is 0 Å². The highest BCUT2D eigenvalue weighted by Crippen LogP contribution is 2.18. The van der Waals surface area contributed by atoms with Crippen LogP contribution in [0, 0.1) is 0 Å². The molecular weight excluding hydrogens is 248 g/mol. The summed E-state index contributed by atoms with van der Waals surface area (Å²) in [5.41, 5.74) is 2.78. The van der Waals surface area contributed by atoms with Gasteiger partial charge in [-0.3, -0.25) is 9.78 Å². The highest BCUT2D eigenvalue weighted by Gasteiger charge is 2.02. The molecule has 3 nitrogen and oxygen atoms in total. The summed E-state index contributed by atoms with van der Waals surface area (Å²) in [6.07, 6.45) is 7.69. The van der Waals surface area contributed by atoms with Crippen LogP contribution < -0.4 is 4.90 Å². The molecule has 2 aromatic rings. The van der Waals surface area contributed by atoms with Crippen molar-refractivity contribution < 1.29 is 4.79 Å². The highest BCUT2D eigenvalue weighted by molar-refractivity contribution is 5.79. The Labute approximate surface area is 118 Å². The third-order valence-corrected chi connectivity index (χ3v) is 2.81. The summed E-state index contributed by atoms with van der Waals surface area (Å²) in [7, 11) is 1.97. The molecule has 20 heavy (non-hydrogen) atoms. The molecule has 1 heterocycles. The Kier molecular flexibility index (Phi) is 4.84. The number of hydrogen-bond acceptors (Lipinski definition) is 3. The SMILES string of the molecule is CN(/C=C(\C=C/C=O)c1ccccn1)c1ccccc1. The maximum absolute atomic E-state index is 10.5. The molecule has 0 radical (unpaired) electrons. The summed E-state index contributed by atoms with van der Waals surface area (Å²) in [6, 6.07) is 15.7. The summed E-state index contributed by atoms with van der Waals surface area (Å²) >= 11 is 0. The molecule has 0 spiro atoms. The molecule has 0 saturated heterocycles. The van der Waals surface area contributed by atoms with E-state index in [2.05, 4.69) is 4.98 Å². The van der Waals surface area contributed by atoms with Crippen LogP contribution in [-0.4, -0.2) is 18.3 Å². The number of hydrogen-bond donors (Lipinski definition) is 0. The van der Waals surface area contributed by atoms with Crippen molar-refractivity contribution >= 4 is 17.5 Å². The van der Waals surface area contributed by atoms with E-state index in [-0.39, 0.29) is 0 Å². The second-order valence-electron chi connectivity index (χ2n) is 4.24. The van der Waals surface area contributed by atoms with Gasteiger partial charge < -0.3 is 4.90 Å².